The lowest BCUT2D eigenvalue weighted by Crippen LogP contribution is -2.34. The van der Waals surface area contributed by atoms with Gasteiger partial charge in [-0.2, -0.15) is 0 Å². The highest BCUT2D eigenvalue weighted by Gasteiger charge is 2.24. The van der Waals surface area contributed by atoms with Gasteiger partial charge in [0.05, 0.1) is 25.3 Å². The standard InChI is InChI=1S/C23H30N6O3/c1-16-6-7-21-17(10-16)11-18(23(30)24-21)12-28(13-19-4-2-8-31-19)15-22-25-26-27-29(22)14-20-5-3-9-32-20/h6-7,10-11,19-20H,2-5,8-9,12-15H2,1H3,(H,24,30)/t19-,20-/m1/s1. The quantitative estimate of drug-likeness (QED) is 0.576. The Hall–Kier alpha value is -2.62. The second-order valence-electron chi connectivity index (χ2n) is 8.93. The number of hydrogen-bond donors (Lipinski definition) is 1. The summed E-state index contributed by atoms with van der Waals surface area (Å²) in [5, 5.41) is 13.4. The second-order valence-corrected chi connectivity index (χ2v) is 8.93. The van der Waals surface area contributed by atoms with Crippen LogP contribution in [-0.2, 0) is 29.1 Å². The molecule has 2 aliphatic heterocycles. The molecule has 1 aromatic carbocycles. The fraction of sp³-hybridized carbons (Fsp3) is 0.565. The van der Waals surface area contributed by atoms with Crippen molar-refractivity contribution in [2.75, 3.05) is 19.8 Å². The molecule has 0 aliphatic carbocycles. The van der Waals surface area contributed by atoms with Crippen LogP contribution < -0.4 is 5.56 Å². The summed E-state index contributed by atoms with van der Waals surface area (Å²) in [4.78, 5) is 18.1. The Morgan fingerprint density at radius 1 is 1.12 bits per heavy atom. The van der Waals surface area contributed by atoms with Crippen molar-refractivity contribution in [1.82, 2.24) is 30.1 Å². The van der Waals surface area contributed by atoms with Gasteiger partial charge in [-0.1, -0.05) is 11.6 Å². The van der Waals surface area contributed by atoms with Crippen molar-refractivity contribution in [3.8, 4) is 0 Å². The third-order valence-electron chi connectivity index (χ3n) is 6.33. The van der Waals surface area contributed by atoms with Crippen LogP contribution in [0.15, 0.2) is 29.1 Å². The molecule has 0 unspecified atom stereocenters. The Morgan fingerprint density at radius 3 is 2.72 bits per heavy atom. The molecule has 32 heavy (non-hydrogen) atoms. The number of H-pyrrole nitrogens is 1. The first kappa shape index (κ1) is 21.2. The van der Waals surface area contributed by atoms with Crippen LogP contribution in [0.4, 0.5) is 0 Å². The molecule has 2 aliphatic rings. The van der Waals surface area contributed by atoms with Crippen LogP contribution in [0, 0.1) is 6.92 Å². The maximum absolute atomic E-state index is 12.8. The van der Waals surface area contributed by atoms with Gasteiger partial charge in [-0.15, -0.1) is 5.10 Å². The molecule has 1 N–H and O–H groups in total. The molecule has 2 fully saturated rings. The normalized spacial score (nSPS) is 21.2. The number of fused-ring (bicyclic) bond motifs is 1. The maximum atomic E-state index is 12.8. The van der Waals surface area contributed by atoms with E-state index in [-0.39, 0.29) is 17.8 Å². The van der Waals surface area contributed by atoms with Gasteiger partial charge < -0.3 is 14.5 Å². The number of ether oxygens (including phenoxy) is 2. The molecule has 0 radical (unpaired) electrons. The molecule has 9 nitrogen and oxygen atoms in total. The van der Waals surface area contributed by atoms with Gasteiger partial charge in [-0.3, -0.25) is 9.69 Å². The second kappa shape index (κ2) is 9.48. The number of aromatic amines is 1. The summed E-state index contributed by atoms with van der Waals surface area (Å²) in [6.07, 6.45) is 4.55. The molecule has 0 saturated carbocycles. The molecule has 2 saturated heterocycles. The molecular weight excluding hydrogens is 408 g/mol. The molecule has 170 valence electrons. The van der Waals surface area contributed by atoms with Crippen LogP contribution in [0.25, 0.3) is 10.9 Å². The van der Waals surface area contributed by atoms with E-state index in [1.807, 2.05) is 22.9 Å². The first-order valence-corrected chi connectivity index (χ1v) is 11.5. The molecule has 2 atom stereocenters. The Kier molecular flexibility index (Phi) is 6.29. The molecule has 3 aromatic rings. The first-order valence-electron chi connectivity index (χ1n) is 11.5. The fourth-order valence-corrected chi connectivity index (χ4v) is 4.65. The largest absolute Gasteiger partial charge is 0.377 e. The number of tetrazole rings is 1. The SMILES string of the molecule is Cc1ccc2[nH]c(=O)c(CN(Cc3nnnn3C[C@H]3CCCO3)C[C@H]3CCCO3)cc2c1. The van der Waals surface area contributed by atoms with Crippen LogP contribution in [0.1, 0.15) is 42.6 Å². The molecular formula is C23H30N6O3. The smallest absolute Gasteiger partial charge is 0.252 e. The van der Waals surface area contributed by atoms with Crippen molar-refractivity contribution in [2.24, 2.45) is 0 Å². The predicted molar refractivity (Wildman–Crippen MR) is 119 cm³/mol. The first-order chi connectivity index (χ1) is 15.6. The van der Waals surface area contributed by atoms with Crippen LogP contribution in [0.5, 0.6) is 0 Å². The summed E-state index contributed by atoms with van der Waals surface area (Å²) in [7, 11) is 0. The number of aryl methyl sites for hydroxylation is 1. The van der Waals surface area contributed by atoms with Crippen molar-refractivity contribution in [3.05, 3.63) is 51.6 Å². The van der Waals surface area contributed by atoms with Crippen LogP contribution in [0.2, 0.25) is 0 Å². The Labute approximate surface area is 186 Å². The summed E-state index contributed by atoms with van der Waals surface area (Å²) in [6, 6.07) is 8.06. The molecule has 2 aromatic heterocycles. The van der Waals surface area contributed by atoms with Gasteiger partial charge in [0.2, 0.25) is 0 Å². The number of rotatable bonds is 8. The van der Waals surface area contributed by atoms with Crippen molar-refractivity contribution in [1.29, 1.82) is 0 Å². The van der Waals surface area contributed by atoms with E-state index in [9.17, 15) is 4.79 Å². The van der Waals surface area contributed by atoms with Crippen LogP contribution >= 0.6 is 0 Å². The van der Waals surface area contributed by atoms with E-state index < -0.39 is 0 Å². The number of hydrogen-bond acceptors (Lipinski definition) is 7. The molecule has 0 amide bonds. The van der Waals surface area contributed by atoms with Gasteiger partial charge in [0, 0.05) is 37.4 Å². The zero-order valence-electron chi connectivity index (χ0n) is 18.5. The summed E-state index contributed by atoms with van der Waals surface area (Å²) in [5.74, 6) is 0.784. The van der Waals surface area contributed by atoms with E-state index >= 15 is 0 Å². The monoisotopic (exact) mass is 438 g/mol. The Morgan fingerprint density at radius 2 is 1.94 bits per heavy atom. The van der Waals surface area contributed by atoms with Crippen molar-refractivity contribution < 1.29 is 9.47 Å². The van der Waals surface area contributed by atoms with Gasteiger partial charge in [-0.05, 0) is 66.6 Å². The van der Waals surface area contributed by atoms with Gasteiger partial charge in [0.15, 0.2) is 5.82 Å². The van der Waals surface area contributed by atoms with E-state index in [0.717, 1.165) is 67.7 Å². The summed E-state index contributed by atoms with van der Waals surface area (Å²) in [5.41, 5.74) is 2.70. The van der Waals surface area contributed by atoms with Crippen LogP contribution in [0.3, 0.4) is 0 Å². The minimum atomic E-state index is -0.0577. The highest BCUT2D eigenvalue weighted by Crippen LogP contribution is 2.19. The Bertz CT molecular complexity index is 1110. The lowest BCUT2D eigenvalue weighted by molar-refractivity contribution is 0.0647. The summed E-state index contributed by atoms with van der Waals surface area (Å²) in [6.45, 7) is 6.10. The van der Waals surface area contributed by atoms with E-state index in [1.165, 1.54) is 5.56 Å². The molecule has 5 rings (SSSR count). The zero-order valence-corrected chi connectivity index (χ0v) is 18.5. The average Bonchev–Trinajstić information content (AvgIpc) is 3.54. The number of nitrogens with zero attached hydrogens (tertiary/aromatic N) is 5. The average molecular weight is 439 g/mol. The minimum absolute atomic E-state index is 0.0577. The third kappa shape index (κ3) is 4.90. The van der Waals surface area contributed by atoms with Gasteiger partial charge >= 0.3 is 0 Å². The molecule has 0 bridgehead atoms. The fourth-order valence-electron chi connectivity index (χ4n) is 4.65. The molecule has 9 heteroatoms. The van der Waals surface area contributed by atoms with Crippen molar-refractivity contribution in [2.45, 2.75) is 64.4 Å². The third-order valence-corrected chi connectivity index (χ3v) is 6.33. The van der Waals surface area contributed by atoms with Gasteiger partial charge in [0.1, 0.15) is 0 Å². The lowest BCUT2D eigenvalue weighted by Gasteiger charge is -2.25. The zero-order chi connectivity index (χ0) is 21.9. The highest BCUT2D eigenvalue weighted by molar-refractivity contribution is 5.79. The summed E-state index contributed by atoms with van der Waals surface area (Å²) >= 11 is 0. The Balaban J connectivity index is 1.38. The number of nitrogens with one attached hydrogen (secondary N) is 1. The maximum Gasteiger partial charge on any atom is 0.252 e. The minimum Gasteiger partial charge on any atom is -0.377 e. The number of pyridine rings is 1. The van der Waals surface area contributed by atoms with Gasteiger partial charge in [-0.25, -0.2) is 4.68 Å². The topological polar surface area (TPSA) is 98.2 Å². The number of benzene rings is 1. The molecule has 4 heterocycles. The van der Waals surface area contributed by atoms with E-state index in [1.54, 1.807) is 0 Å². The predicted octanol–water partition coefficient (Wildman–Crippen LogP) is 2.18. The van der Waals surface area contributed by atoms with Gasteiger partial charge in [0.25, 0.3) is 5.56 Å². The van der Waals surface area contributed by atoms with E-state index in [0.29, 0.717) is 19.6 Å². The van der Waals surface area contributed by atoms with Crippen molar-refractivity contribution >= 4 is 10.9 Å². The lowest BCUT2D eigenvalue weighted by atomic mass is 10.1. The van der Waals surface area contributed by atoms with E-state index in [4.69, 9.17) is 9.47 Å². The van der Waals surface area contributed by atoms with Crippen LogP contribution in [-0.4, -0.2) is 62.1 Å². The number of aromatic nitrogens is 5. The molecule has 0 spiro atoms. The summed E-state index contributed by atoms with van der Waals surface area (Å²) < 4.78 is 13.5. The van der Waals surface area contributed by atoms with E-state index in [2.05, 4.69) is 38.4 Å². The highest BCUT2D eigenvalue weighted by atomic mass is 16.5. The van der Waals surface area contributed by atoms with Crippen molar-refractivity contribution in [3.63, 3.8) is 0 Å².